The third-order valence-electron chi connectivity index (χ3n) is 3.18. The molecule has 27 heavy (non-hydrogen) atoms. The van der Waals surface area contributed by atoms with Gasteiger partial charge in [0.25, 0.3) is 5.91 Å². The van der Waals surface area contributed by atoms with Crippen LogP contribution in [0.1, 0.15) is 12.5 Å². The molecule has 0 atom stereocenters. The van der Waals surface area contributed by atoms with E-state index in [4.69, 9.17) is 21.1 Å². The van der Waals surface area contributed by atoms with Crippen molar-refractivity contribution < 1.29 is 24.3 Å². The topological polar surface area (TPSA) is 123 Å². The summed E-state index contributed by atoms with van der Waals surface area (Å²) in [6.07, 6.45) is 1.04. The van der Waals surface area contributed by atoms with Crippen LogP contribution in [-0.4, -0.2) is 35.4 Å². The molecule has 0 saturated heterocycles. The van der Waals surface area contributed by atoms with Crippen molar-refractivity contribution in [2.24, 2.45) is 5.10 Å². The number of nitro groups is 1. The molecule has 10 heteroatoms. The Morgan fingerprint density at radius 2 is 2.00 bits per heavy atom. The van der Waals surface area contributed by atoms with Crippen LogP contribution in [0.3, 0.4) is 0 Å². The fourth-order valence-corrected chi connectivity index (χ4v) is 2.26. The molecule has 0 radical (unpaired) electrons. The number of phenolic OH excluding ortho intramolecular Hbond substituents is 1. The average molecular weight is 394 g/mol. The number of para-hydroxylation sites is 2. The number of halogens is 1. The summed E-state index contributed by atoms with van der Waals surface area (Å²) in [6.45, 7) is 1.95. The summed E-state index contributed by atoms with van der Waals surface area (Å²) in [5.41, 5.74) is 1.61. The zero-order valence-corrected chi connectivity index (χ0v) is 15.0. The molecule has 2 aromatic carbocycles. The predicted molar refractivity (Wildman–Crippen MR) is 98.6 cm³/mol. The van der Waals surface area contributed by atoms with Gasteiger partial charge in [-0.05, 0) is 25.1 Å². The third kappa shape index (κ3) is 5.58. The number of nitro benzene ring substituents is 1. The molecule has 0 fully saturated rings. The van der Waals surface area contributed by atoms with Gasteiger partial charge in [0.1, 0.15) is 0 Å². The van der Waals surface area contributed by atoms with Gasteiger partial charge in [-0.1, -0.05) is 23.7 Å². The lowest BCUT2D eigenvalue weighted by atomic mass is 10.2. The second-order valence-electron chi connectivity index (χ2n) is 5.08. The predicted octanol–water partition coefficient (Wildman–Crippen LogP) is 2.88. The van der Waals surface area contributed by atoms with Gasteiger partial charge in [-0.3, -0.25) is 14.9 Å². The summed E-state index contributed by atoms with van der Waals surface area (Å²) in [6, 6.07) is 9.17. The molecule has 0 aromatic heterocycles. The number of benzene rings is 2. The number of aromatic hydroxyl groups is 1. The Morgan fingerprint density at radius 1 is 1.33 bits per heavy atom. The second kappa shape index (κ2) is 9.39. The molecule has 9 nitrogen and oxygen atoms in total. The van der Waals surface area contributed by atoms with Crippen molar-refractivity contribution in [3.8, 4) is 17.2 Å². The van der Waals surface area contributed by atoms with E-state index in [1.807, 2.05) is 6.92 Å². The van der Waals surface area contributed by atoms with Crippen molar-refractivity contribution in [3.05, 3.63) is 57.1 Å². The molecule has 2 rings (SSSR count). The van der Waals surface area contributed by atoms with Gasteiger partial charge in [0.15, 0.2) is 18.1 Å². The Morgan fingerprint density at radius 3 is 2.63 bits per heavy atom. The van der Waals surface area contributed by atoms with Crippen LogP contribution in [0.2, 0.25) is 5.02 Å². The highest BCUT2D eigenvalue weighted by Crippen LogP contribution is 2.32. The third-order valence-corrected chi connectivity index (χ3v) is 3.40. The number of hydrogen-bond acceptors (Lipinski definition) is 7. The number of carbonyl (C=O) groups excluding carboxylic acids is 1. The van der Waals surface area contributed by atoms with Crippen LogP contribution in [0.25, 0.3) is 0 Å². The van der Waals surface area contributed by atoms with Crippen LogP contribution in [0.5, 0.6) is 17.2 Å². The highest BCUT2D eigenvalue weighted by atomic mass is 35.5. The van der Waals surface area contributed by atoms with E-state index >= 15 is 0 Å². The standard InChI is InChI=1S/C17H16ClN3O6/c1-2-26-14-5-3-4-6-15(14)27-10-16(22)20-19-9-11-7-12(18)8-13(17(11)23)21(24)25/h3-9,23H,2,10H2,1H3,(H,20,22). The minimum absolute atomic E-state index is 0.0166. The number of nitrogens with one attached hydrogen (secondary N) is 1. The van der Waals surface area contributed by atoms with Crippen molar-refractivity contribution in [2.45, 2.75) is 6.92 Å². The summed E-state index contributed by atoms with van der Waals surface area (Å²) < 4.78 is 10.8. The van der Waals surface area contributed by atoms with Crippen molar-refractivity contribution in [2.75, 3.05) is 13.2 Å². The van der Waals surface area contributed by atoms with Gasteiger partial charge in [0.2, 0.25) is 5.75 Å². The van der Waals surface area contributed by atoms with Crippen LogP contribution in [-0.2, 0) is 4.79 Å². The van der Waals surface area contributed by atoms with Crippen molar-refractivity contribution in [1.82, 2.24) is 5.43 Å². The molecule has 0 heterocycles. The minimum Gasteiger partial charge on any atom is -0.502 e. The Kier molecular flexibility index (Phi) is 6.95. The SMILES string of the molecule is CCOc1ccccc1OCC(=O)NN=Cc1cc(Cl)cc([N+](=O)[O-])c1O. The number of hydrogen-bond donors (Lipinski definition) is 2. The summed E-state index contributed by atoms with van der Waals surface area (Å²) in [5.74, 6) is -0.271. The quantitative estimate of drug-likeness (QED) is 0.404. The van der Waals surface area contributed by atoms with E-state index in [2.05, 4.69) is 10.5 Å². The van der Waals surface area contributed by atoms with Gasteiger partial charge in [-0.25, -0.2) is 5.43 Å². The van der Waals surface area contributed by atoms with Gasteiger partial charge in [0.05, 0.1) is 17.7 Å². The molecule has 0 bridgehead atoms. The van der Waals surface area contributed by atoms with Gasteiger partial charge < -0.3 is 14.6 Å². The van der Waals surface area contributed by atoms with Crippen molar-refractivity contribution in [3.63, 3.8) is 0 Å². The summed E-state index contributed by atoms with van der Waals surface area (Å²) in [4.78, 5) is 21.9. The molecule has 0 spiro atoms. The van der Waals surface area contributed by atoms with Crippen LogP contribution in [0, 0.1) is 10.1 Å². The maximum Gasteiger partial charge on any atom is 0.312 e. The van der Waals surface area contributed by atoms with Crippen molar-refractivity contribution in [1.29, 1.82) is 0 Å². The maximum absolute atomic E-state index is 11.8. The first-order valence-corrected chi connectivity index (χ1v) is 8.13. The largest absolute Gasteiger partial charge is 0.502 e. The first-order chi connectivity index (χ1) is 12.9. The first kappa shape index (κ1) is 20.0. The van der Waals surface area contributed by atoms with E-state index in [0.717, 1.165) is 12.3 Å². The molecule has 0 aliphatic rings. The van der Waals surface area contributed by atoms with E-state index in [1.54, 1.807) is 24.3 Å². The molecule has 142 valence electrons. The van der Waals surface area contributed by atoms with Gasteiger partial charge in [-0.15, -0.1) is 0 Å². The highest BCUT2D eigenvalue weighted by Gasteiger charge is 2.17. The van der Waals surface area contributed by atoms with E-state index < -0.39 is 22.3 Å². The maximum atomic E-state index is 11.8. The molecule has 0 unspecified atom stereocenters. The zero-order valence-electron chi connectivity index (χ0n) is 14.2. The Bertz CT molecular complexity index is 872. The normalized spacial score (nSPS) is 10.6. The van der Waals surface area contributed by atoms with Gasteiger partial charge in [-0.2, -0.15) is 5.10 Å². The van der Waals surface area contributed by atoms with Crippen LogP contribution in [0.4, 0.5) is 5.69 Å². The lowest BCUT2D eigenvalue weighted by Crippen LogP contribution is -2.24. The summed E-state index contributed by atoms with van der Waals surface area (Å²) in [5, 5.41) is 24.4. The van der Waals surface area contributed by atoms with Gasteiger partial charge in [0, 0.05) is 16.7 Å². The molecule has 1 amide bonds. The van der Waals surface area contributed by atoms with E-state index in [-0.39, 0.29) is 17.2 Å². The average Bonchev–Trinajstić information content (AvgIpc) is 2.63. The number of ether oxygens (including phenoxy) is 2. The molecular weight excluding hydrogens is 378 g/mol. The van der Waals surface area contributed by atoms with E-state index in [1.165, 1.54) is 6.07 Å². The van der Waals surface area contributed by atoms with Gasteiger partial charge >= 0.3 is 5.69 Å². The van der Waals surface area contributed by atoms with Crippen LogP contribution in [0.15, 0.2) is 41.5 Å². The van der Waals surface area contributed by atoms with E-state index in [0.29, 0.717) is 18.1 Å². The molecule has 0 aliphatic heterocycles. The Hall–Kier alpha value is -3.33. The number of carbonyl (C=O) groups is 1. The monoisotopic (exact) mass is 393 g/mol. The molecular formula is C17H16ClN3O6. The lowest BCUT2D eigenvalue weighted by molar-refractivity contribution is -0.385. The number of amides is 1. The second-order valence-corrected chi connectivity index (χ2v) is 5.52. The highest BCUT2D eigenvalue weighted by molar-refractivity contribution is 6.31. The molecule has 2 aromatic rings. The lowest BCUT2D eigenvalue weighted by Gasteiger charge is -2.10. The Balaban J connectivity index is 1.97. The molecule has 0 aliphatic carbocycles. The number of phenols is 1. The zero-order chi connectivity index (χ0) is 19.8. The summed E-state index contributed by atoms with van der Waals surface area (Å²) in [7, 11) is 0. The van der Waals surface area contributed by atoms with E-state index in [9.17, 15) is 20.0 Å². The van der Waals surface area contributed by atoms with Crippen LogP contribution < -0.4 is 14.9 Å². The number of nitrogens with zero attached hydrogens (tertiary/aromatic N) is 2. The number of hydrazone groups is 1. The Labute approximate surface area is 159 Å². The van der Waals surface area contributed by atoms with Crippen molar-refractivity contribution >= 4 is 29.4 Å². The summed E-state index contributed by atoms with van der Waals surface area (Å²) >= 11 is 5.77. The molecule has 2 N–H and O–H groups in total. The smallest absolute Gasteiger partial charge is 0.312 e. The first-order valence-electron chi connectivity index (χ1n) is 7.75. The number of rotatable bonds is 8. The molecule has 0 saturated carbocycles. The fourth-order valence-electron chi connectivity index (χ4n) is 2.04. The fraction of sp³-hybridized carbons (Fsp3) is 0.176. The van der Waals surface area contributed by atoms with Crippen LogP contribution >= 0.6 is 11.6 Å². The minimum atomic E-state index is -0.777.